The van der Waals surface area contributed by atoms with E-state index in [9.17, 15) is 4.79 Å². The number of ether oxygens (including phenoxy) is 2. The van der Waals surface area contributed by atoms with E-state index in [-0.39, 0.29) is 18.7 Å². The van der Waals surface area contributed by atoms with Gasteiger partial charge < -0.3 is 9.47 Å². The molecular formula is C11H15NO3. The number of pyridine rings is 1. The van der Waals surface area contributed by atoms with Crippen LogP contribution in [0.25, 0.3) is 0 Å². The molecule has 0 fully saturated rings. The molecule has 0 atom stereocenters. The SMILES string of the molecule is CC(C)OC(=O)COCc1ccccn1. The molecule has 0 bridgehead atoms. The quantitative estimate of drug-likeness (QED) is 0.690. The van der Waals surface area contributed by atoms with Crippen molar-refractivity contribution in [3.05, 3.63) is 30.1 Å². The molecule has 0 N–H and O–H groups in total. The van der Waals surface area contributed by atoms with Gasteiger partial charge in [-0.2, -0.15) is 0 Å². The lowest BCUT2D eigenvalue weighted by atomic mass is 10.4. The van der Waals surface area contributed by atoms with Gasteiger partial charge in [-0.05, 0) is 26.0 Å². The fraction of sp³-hybridized carbons (Fsp3) is 0.455. The number of hydrogen-bond acceptors (Lipinski definition) is 4. The summed E-state index contributed by atoms with van der Waals surface area (Å²) in [5, 5.41) is 0. The minimum atomic E-state index is -0.346. The van der Waals surface area contributed by atoms with Gasteiger partial charge in [-0.3, -0.25) is 4.98 Å². The summed E-state index contributed by atoms with van der Waals surface area (Å²) in [5.74, 6) is -0.346. The van der Waals surface area contributed by atoms with Gasteiger partial charge in [0.15, 0.2) is 0 Å². The summed E-state index contributed by atoms with van der Waals surface area (Å²) < 4.78 is 10.0. The second kappa shape index (κ2) is 6.14. The number of aromatic nitrogens is 1. The summed E-state index contributed by atoms with van der Waals surface area (Å²) in [6.07, 6.45) is 1.58. The Morgan fingerprint density at radius 2 is 2.27 bits per heavy atom. The Bertz CT molecular complexity index is 298. The van der Waals surface area contributed by atoms with Crippen molar-refractivity contribution in [1.29, 1.82) is 0 Å². The van der Waals surface area contributed by atoms with Crippen molar-refractivity contribution < 1.29 is 14.3 Å². The zero-order chi connectivity index (χ0) is 11.1. The minimum absolute atomic E-state index is 0.0330. The van der Waals surface area contributed by atoms with E-state index >= 15 is 0 Å². The van der Waals surface area contributed by atoms with E-state index in [4.69, 9.17) is 9.47 Å². The molecule has 0 saturated carbocycles. The van der Waals surface area contributed by atoms with Gasteiger partial charge in [0.1, 0.15) is 6.61 Å². The normalized spacial score (nSPS) is 10.3. The monoisotopic (exact) mass is 209 g/mol. The molecule has 0 spiro atoms. The van der Waals surface area contributed by atoms with E-state index in [1.165, 1.54) is 0 Å². The maximum absolute atomic E-state index is 11.1. The average Bonchev–Trinajstić information content (AvgIpc) is 2.18. The predicted molar refractivity (Wildman–Crippen MR) is 55.1 cm³/mol. The molecule has 0 aromatic carbocycles. The summed E-state index contributed by atoms with van der Waals surface area (Å²) >= 11 is 0. The van der Waals surface area contributed by atoms with Crippen LogP contribution in [0.4, 0.5) is 0 Å². The molecule has 0 amide bonds. The Labute approximate surface area is 89.2 Å². The third kappa shape index (κ3) is 5.12. The van der Waals surface area contributed by atoms with Crippen LogP contribution in [0.1, 0.15) is 19.5 Å². The van der Waals surface area contributed by atoms with Crippen LogP contribution in [0, 0.1) is 0 Å². The van der Waals surface area contributed by atoms with Crippen LogP contribution in [0.3, 0.4) is 0 Å². The van der Waals surface area contributed by atoms with Crippen molar-refractivity contribution in [2.24, 2.45) is 0 Å². The Kier molecular flexibility index (Phi) is 4.77. The molecule has 1 aromatic rings. The molecule has 15 heavy (non-hydrogen) atoms. The van der Waals surface area contributed by atoms with E-state index in [1.807, 2.05) is 18.2 Å². The summed E-state index contributed by atoms with van der Waals surface area (Å²) in [4.78, 5) is 15.1. The fourth-order valence-corrected chi connectivity index (χ4v) is 1.02. The van der Waals surface area contributed by atoms with Crippen molar-refractivity contribution in [2.75, 3.05) is 6.61 Å². The van der Waals surface area contributed by atoms with Crippen molar-refractivity contribution in [2.45, 2.75) is 26.6 Å². The molecule has 0 aliphatic rings. The second-order valence-corrected chi connectivity index (χ2v) is 3.35. The first-order valence-electron chi connectivity index (χ1n) is 4.85. The van der Waals surface area contributed by atoms with E-state index in [1.54, 1.807) is 20.0 Å². The Balaban J connectivity index is 2.19. The number of nitrogens with zero attached hydrogens (tertiary/aromatic N) is 1. The van der Waals surface area contributed by atoms with E-state index in [2.05, 4.69) is 4.98 Å². The van der Waals surface area contributed by atoms with Crippen molar-refractivity contribution in [3.63, 3.8) is 0 Å². The van der Waals surface area contributed by atoms with Crippen LogP contribution >= 0.6 is 0 Å². The van der Waals surface area contributed by atoms with Crippen LogP contribution in [0.2, 0.25) is 0 Å². The standard InChI is InChI=1S/C11H15NO3/c1-9(2)15-11(13)8-14-7-10-5-3-4-6-12-10/h3-6,9H,7-8H2,1-2H3. The third-order valence-electron chi connectivity index (χ3n) is 1.56. The zero-order valence-electron chi connectivity index (χ0n) is 8.97. The fourth-order valence-electron chi connectivity index (χ4n) is 1.02. The highest BCUT2D eigenvalue weighted by atomic mass is 16.6. The topological polar surface area (TPSA) is 48.4 Å². The summed E-state index contributed by atoms with van der Waals surface area (Å²) in [6, 6.07) is 5.54. The van der Waals surface area contributed by atoms with Crippen LogP contribution in [-0.2, 0) is 20.9 Å². The average molecular weight is 209 g/mol. The number of carbonyl (C=O) groups excluding carboxylic acids is 1. The van der Waals surface area contributed by atoms with E-state index in [0.717, 1.165) is 5.69 Å². The van der Waals surface area contributed by atoms with Gasteiger partial charge in [0, 0.05) is 6.20 Å². The van der Waals surface area contributed by atoms with Gasteiger partial charge in [-0.15, -0.1) is 0 Å². The number of hydrogen-bond donors (Lipinski definition) is 0. The van der Waals surface area contributed by atoms with Crippen LogP contribution in [-0.4, -0.2) is 23.7 Å². The lowest BCUT2D eigenvalue weighted by molar-refractivity contribution is -0.153. The van der Waals surface area contributed by atoms with Gasteiger partial charge in [0.25, 0.3) is 0 Å². The van der Waals surface area contributed by atoms with Gasteiger partial charge in [-0.1, -0.05) is 6.07 Å². The number of esters is 1. The lowest BCUT2D eigenvalue weighted by Crippen LogP contribution is -2.17. The maximum Gasteiger partial charge on any atom is 0.332 e. The summed E-state index contributed by atoms with van der Waals surface area (Å²) in [7, 11) is 0. The molecule has 82 valence electrons. The minimum Gasteiger partial charge on any atom is -0.461 e. The Hall–Kier alpha value is -1.42. The molecular weight excluding hydrogens is 194 g/mol. The highest BCUT2D eigenvalue weighted by Crippen LogP contribution is 1.97. The molecule has 0 unspecified atom stereocenters. The molecule has 0 aliphatic heterocycles. The van der Waals surface area contributed by atoms with Gasteiger partial charge >= 0.3 is 5.97 Å². The number of rotatable bonds is 5. The summed E-state index contributed by atoms with van der Waals surface area (Å²) in [5.41, 5.74) is 0.801. The largest absolute Gasteiger partial charge is 0.461 e. The highest BCUT2D eigenvalue weighted by molar-refractivity contribution is 5.70. The first-order chi connectivity index (χ1) is 7.18. The predicted octanol–water partition coefficient (Wildman–Crippen LogP) is 1.55. The smallest absolute Gasteiger partial charge is 0.332 e. The first kappa shape index (κ1) is 11.7. The van der Waals surface area contributed by atoms with Crippen LogP contribution in [0.15, 0.2) is 24.4 Å². The van der Waals surface area contributed by atoms with E-state index in [0.29, 0.717) is 6.61 Å². The molecule has 1 aromatic heterocycles. The van der Waals surface area contributed by atoms with Gasteiger partial charge in [0.2, 0.25) is 0 Å². The number of carbonyl (C=O) groups is 1. The van der Waals surface area contributed by atoms with E-state index < -0.39 is 0 Å². The van der Waals surface area contributed by atoms with Crippen molar-refractivity contribution >= 4 is 5.97 Å². The first-order valence-corrected chi connectivity index (χ1v) is 4.85. The Morgan fingerprint density at radius 3 is 2.87 bits per heavy atom. The molecule has 0 aliphatic carbocycles. The molecule has 1 rings (SSSR count). The molecule has 4 heteroatoms. The van der Waals surface area contributed by atoms with Crippen LogP contribution < -0.4 is 0 Å². The molecule has 4 nitrogen and oxygen atoms in total. The Morgan fingerprint density at radius 1 is 1.47 bits per heavy atom. The maximum atomic E-state index is 11.1. The van der Waals surface area contributed by atoms with Gasteiger partial charge in [-0.25, -0.2) is 4.79 Å². The van der Waals surface area contributed by atoms with Gasteiger partial charge in [0.05, 0.1) is 18.4 Å². The molecule has 1 heterocycles. The molecule has 0 saturated heterocycles. The summed E-state index contributed by atoms with van der Waals surface area (Å²) in [6.45, 7) is 3.90. The van der Waals surface area contributed by atoms with Crippen LogP contribution in [0.5, 0.6) is 0 Å². The van der Waals surface area contributed by atoms with Crippen molar-refractivity contribution in [1.82, 2.24) is 4.98 Å². The molecule has 0 radical (unpaired) electrons. The van der Waals surface area contributed by atoms with Crippen molar-refractivity contribution in [3.8, 4) is 0 Å². The highest BCUT2D eigenvalue weighted by Gasteiger charge is 2.05. The third-order valence-corrected chi connectivity index (χ3v) is 1.56. The zero-order valence-corrected chi connectivity index (χ0v) is 8.97. The second-order valence-electron chi connectivity index (χ2n) is 3.35. The lowest BCUT2D eigenvalue weighted by Gasteiger charge is -2.07.